The lowest BCUT2D eigenvalue weighted by molar-refractivity contribution is 0.251. The summed E-state index contributed by atoms with van der Waals surface area (Å²) in [6.07, 6.45) is 5.37. The number of carbonyl (C=O) groups excluding carboxylic acids is 1. The van der Waals surface area contributed by atoms with Gasteiger partial charge in [0, 0.05) is 13.2 Å². The van der Waals surface area contributed by atoms with Gasteiger partial charge in [0.15, 0.2) is 0 Å². The Bertz CT molecular complexity index is 458. The highest BCUT2D eigenvalue weighted by atomic mass is 16.2. The summed E-state index contributed by atoms with van der Waals surface area (Å²) < 4.78 is 0. The molecule has 4 heteroatoms. The number of hydrogen-bond donors (Lipinski definition) is 3. The van der Waals surface area contributed by atoms with Crippen molar-refractivity contribution in [2.45, 2.75) is 45.6 Å². The molecule has 0 radical (unpaired) electrons. The zero-order valence-electron chi connectivity index (χ0n) is 11.5. The fourth-order valence-electron chi connectivity index (χ4n) is 2.53. The number of hydrogen-bond acceptors (Lipinski definition) is 2. The van der Waals surface area contributed by atoms with Crippen LogP contribution in [0.25, 0.3) is 0 Å². The fourth-order valence-corrected chi connectivity index (χ4v) is 2.53. The van der Waals surface area contributed by atoms with E-state index in [2.05, 4.69) is 22.8 Å². The standard InChI is InChI=1S/C15H22N2O2/c1-11-8-12(6-4-2-3-5-7-18)9-13-10-16-15(19)17-14(11)13/h8-9,18H,2-7,10H2,1H3,(H2,16,17,19). The van der Waals surface area contributed by atoms with Crippen LogP contribution in [-0.4, -0.2) is 17.7 Å². The van der Waals surface area contributed by atoms with Crippen molar-refractivity contribution in [3.8, 4) is 0 Å². The van der Waals surface area contributed by atoms with E-state index in [0.29, 0.717) is 13.2 Å². The second-order valence-electron chi connectivity index (χ2n) is 5.14. The molecular formula is C15H22N2O2. The number of aliphatic hydroxyl groups is 1. The lowest BCUT2D eigenvalue weighted by Gasteiger charge is -2.21. The van der Waals surface area contributed by atoms with Crippen LogP contribution in [0.5, 0.6) is 0 Å². The molecule has 2 amide bonds. The van der Waals surface area contributed by atoms with Crippen molar-refractivity contribution < 1.29 is 9.90 Å². The molecule has 19 heavy (non-hydrogen) atoms. The molecule has 0 spiro atoms. The van der Waals surface area contributed by atoms with E-state index in [1.807, 2.05) is 6.92 Å². The molecule has 0 unspecified atom stereocenters. The highest BCUT2D eigenvalue weighted by Gasteiger charge is 2.16. The molecule has 1 aliphatic heterocycles. The number of anilines is 1. The second-order valence-corrected chi connectivity index (χ2v) is 5.14. The molecule has 2 rings (SSSR count). The number of fused-ring (bicyclic) bond motifs is 1. The average Bonchev–Trinajstić information content (AvgIpc) is 2.39. The number of benzene rings is 1. The highest BCUT2D eigenvalue weighted by molar-refractivity contribution is 5.93. The van der Waals surface area contributed by atoms with Crippen LogP contribution in [0, 0.1) is 6.92 Å². The lowest BCUT2D eigenvalue weighted by atomic mass is 9.98. The van der Waals surface area contributed by atoms with Gasteiger partial charge in [0.2, 0.25) is 0 Å². The van der Waals surface area contributed by atoms with E-state index in [4.69, 9.17) is 5.11 Å². The largest absolute Gasteiger partial charge is 0.396 e. The lowest BCUT2D eigenvalue weighted by Crippen LogP contribution is -2.33. The summed E-state index contributed by atoms with van der Waals surface area (Å²) in [7, 11) is 0. The van der Waals surface area contributed by atoms with Crippen molar-refractivity contribution >= 4 is 11.7 Å². The predicted octanol–water partition coefficient (Wildman–Crippen LogP) is 2.73. The van der Waals surface area contributed by atoms with Crippen LogP contribution in [0.4, 0.5) is 10.5 Å². The molecule has 4 nitrogen and oxygen atoms in total. The number of urea groups is 1. The van der Waals surface area contributed by atoms with Crippen LogP contribution in [0.3, 0.4) is 0 Å². The molecule has 0 aromatic heterocycles. The first-order valence-corrected chi connectivity index (χ1v) is 6.99. The molecule has 0 aliphatic carbocycles. The van der Waals surface area contributed by atoms with Gasteiger partial charge >= 0.3 is 6.03 Å². The zero-order valence-corrected chi connectivity index (χ0v) is 11.5. The van der Waals surface area contributed by atoms with Gasteiger partial charge in [-0.2, -0.15) is 0 Å². The minimum absolute atomic E-state index is 0.118. The van der Waals surface area contributed by atoms with Gasteiger partial charge in [-0.05, 0) is 42.9 Å². The first-order valence-electron chi connectivity index (χ1n) is 6.99. The van der Waals surface area contributed by atoms with Crippen LogP contribution in [0.1, 0.15) is 42.4 Å². The van der Waals surface area contributed by atoms with Gasteiger partial charge in [0.05, 0.1) is 5.69 Å². The highest BCUT2D eigenvalue weighted by Crippen LogP contribution is 2.26. The second kappa shape index (κ2) is 6.57. The summed E-state index contributed by atoms with van der Waals surface area (Å²) in [5.74, 6) is 0. The van der Waals surface area contributed by atoms with Crippen molar-refractivity contribution in [2.75, 3.05) is 11.9 Å². The van der Waals surface area contributed by atoms with Crippen molar-refractivity contribution in [3.05, 3.63) is 28.8 Å². The SMILES string of the molecule is Cc1cc(CCCCCCO)cc2c1NC(=O)NC2. The van der Waals surface area contributed by atoms with Crippen molar-refractivity contribution in [3.63, 3.8) is 0 Å². The third kappa shape index (κ3) is 3.70. The summed E-state index contributed by atoms with van der Waals surface area (Å²) in [5.41, 5.74) is 4.61. The van der Waals surface area contributed by atoms with Gasteiger partial charge in [0.1, 0.15) is 0 Å². The Kier molecular flexibility index (Phi) is 4.80. The van der Waals surface area contributed by atoms with Gasteiger partial charge in [0.25, 0.3) is 0 Å². The van der Waals surface area contributed by atoms with Gasteiger partial charge in [-0.25, -0.2) is 4.79 Å². The molecule has 1 aliphatic rings. The normalized spacial score (nSPS) is 13.7. The molecule has 3 N–H and O–H groups in total. The fraction of sp³-hybridized carbons (Fsp3) is 0.533. The van der Waals surface area contributed by atoms with Crippen LogP contribution in [-0.2, 0) is 13.0 Å². The first-order chi connectivity index (χ1) is 9.20. The summed E-state index contributed by atoms with van der Waals surface area (Å²) in [4.78, 5) is 11.3. The van der Waals surface area contributed by atoms with E-state index >= 15 is 0 Å². The summed E-state index contributed by atoms with van der Waals surface area (Å²) in [6, 6.07) is 4.23. The molecule has 0 atom stereocenters. The van der Waals surface area contributed by atoms with E-state index in [9.17, 15) is 4.79 Å². The average molecular weight is 262 g/mol. The maximum Gasteiger partial charge on any atom is 0.319 e. The molecule has 0 saturated heterocycles. The molecule has 1 aromatic rings. The molecule has 1 aromatic carbocycles. The predicted molar refractivity (Wildman–Crippen MR) is 76.3 cm³/mol. The minimum atomic E-state index is -0.118. The summed E-state index contributed by atoms with van der Waals surface area (Å²) in [6.45, 7) is 2.95. The molecule has 104 valence electrons. The number of rotatable bonds is 6. The molecule has 0 saturated carbocycles. The summed E-state index contributed by atoms with van der Waals surface area (Å²) in [5, 5.41) is 14.4. The summed E-state index contributed by atoms with van der Waals surface area (Å²) >= 11 is 0. The zero-order chi connectivity index (χ0) is 13.7. The maximum atomic E-state index is 11.3. The van der Waals surface area contributed by atoms with Crippen molar-refractivity contribution in [2.24, 2.45) is 0 Å². The third-order valence-electron chi connectivity index (χ3n) is 3.53. The van der Waals surface area contributed by atoms with E-state index in [1.165, 1.54) is 11.1 Å². The minimum Gasteiger partial charge on any atom is -0.396 e. The van der Waals surface area contributed by atoms with E-state index in [-0.39, 0.29) is 6.03 Å². The smallest absolute Gasteiger partial charge is 0.319 e. The number of aryl methyl sites for hydroxylation is 2. The van der Waals surface area contributed by atoms with Crippen LogP contribution in [0.2, 0.25) is 0 Å². The van der Waals surface area contributed by atoms with Crippen LogP contribution < -0.4 is 10.6 Å². The maximum absolute atomic E-state index is 11.3. The quantitative estimate of drug-likeness (QED) is 0.690. The van der Waals surface area contributed by atoms with E-state index in [1.54, 1.807) is 0 Å². The van der Waals surface area contributed by atoms with Crippen molar-refractivity contribution in [1.29, 1.82) is 0 Å². The van der Waals surface area contributed by atoms with Crippen LogP contribution >= 0.6 is 0 Å². The Morgan fingerprint density at radius 1 is 1.21 bits per heavy atom. The molecular weight excluding hydrogens is 240 g/mol. The Labute approximate surface area is 114 Å². The number of aliphatic hydroxyl groups excluding tert-OH is 1. The number of carbonyl (C=O) groups is 1. The first kappa shape index (κ1) is 13.9. The van der Waals surface area contributed by atoms with Gasteiger partial charge < -0.3 is 15.7 Å². The Balaban J connectivity index is 1.96. The third-order valence-corrected chi connectivity index (χ3v) is 3.53. The molecule has 0 bridgehead atoms. The topological polar surface area (TPSA) is 61.4 Å². The van der Waals surface area contributed by atoms with Crippen molar-refractivity contribution in [1.82, 2.24) is 5.32 Å². The number of unbranched alkanes of at least 4 members (excludes halogenated alkanes) is 3. The monoisotopic (exact) mass is 262 g/mol. The number of nitrogens with one attached hydrogen (secondary N) is 2. The van der Waals surface area contributed by atoms with Crippen LogP contribution in [0.15, 0.2) is 12.1 Å². The van der Waals surface area contributed by atoms with Gasteiger partial charge in [-0.3, -0.25) is 0 Å². The molecule has 0 fully saturated rings. The Morgan fingerprint density at radius 3 is 2.79 bits per heavy atom. The Hall–Kier alpha value is -1.55. The molecule has 1 heterocycles. The van der Waals surface area contributed by atoms with Gasteiger partial charge in [-0.15, -0.1) is 0 Å². The van der Waals surface area contributed by atoms with Gasteiger partial charge in [-0.1, -0.05) is 25.0 Å². The Morgan fingerprint density at radius 2 is 2.00 bits per heavy atom. The van der Waals surface area contributed by atoms with E-state index in [0.717, 1.165) is 43.4 Å². The van der Waals surface area contributed by atoms with E-state index < -0.39 is 0 Å². The number of amides is 2.